The first-order chi connectivity index (χ1) is 15.7. The van der Waals surface area contributed by atoms with Crippen molar-refractivity contribution in [1.29, 1.82) is 0 Å². The average molecular weight is 471 g/mol. The van der Waals surface area contributed by atoms with Gasteiger partial charge in [-0.2, -0.15) is 5.10 Å². The van der Waals surface area contributed by atoms with E-state index in [0.29, 0.717) is 53.7 Å². The summed E-state index contributed by atoms with van der Waals surface area (Å²) in [6, 6.07) is 6.56. The third-order valence-corrected chi connectivity index (χ3v) is 7.59. The molecule has 33 heavy (non-hydrogen) atoms. The molecule has 3 heterocycles. The summed E-state index contributed by atoms with van der Waals surface area (Å²) in [6.45, 7) is 6.91. The number of aromatic nitrogens is 3. The van der Waals surface area contributed by atoms with Crippen LogP contribution in [0.1, 0.15) is 45.0 Å². The van der Waals surface area contributed by atoms with Gasteiger partial charge in [-0.25, -0.2) is 14.1 Å². The van der Waals surface area contributed by atoms with Crippen LogP contribution in [0.3, 0.4) is 0 Å². The zero-order valence-corrected chi connectivity index (χ0v) is 20.0. The van der Waals surface area contributed by atoms with Crippen LogP contribution in [0.15, 0.2) is 29.1 Å². The van der Waals surface area contributed by atoms with Crippen LogP contribution < -0.4 is 10.9 Å². The van der Waals surface area contributed by atoms with E-state index in [0.717, 1.165) is 16.8 Å². The van der Waals surface area contributed by atoms with Crippen LogP contribution in [0.25, 0.3) is 10.6 Å². The van der Waals surface area contributed by atoms with E-state index in [1.807, 2.05) is 19.9 Å². The molecule has 1 amide bonds. The minimum atomic E-state index is -0.397. The standard InChI is InChI=1S/C24H27FN4O3S/c1-14-15(2)28-29(4)23(31)19(14)22-27-16(3)20(33-22)21(30)26-13-24(8-10-32-11-9-24)17-6-5-7-18(25)12-17/h5-7,12H,8-11,13H2,1-4H3,(H,26,30). The van der Waals surface area contributed by atoms with Gasteiger partial charge in [-0.15, -0.1) is 11.3 Å². The number of rotatable bonds is 5. The van der Waals surface area contributed by atoms with Gasteiger partial charge in [0.05, 0.1) is 17.0 Å². The van der Waals surface area contributed by atoms with Crippen molar-refractivity contribution >= 4 is 17.2 Å². The van der Waals surface area contributed by atoms with Gasteiger partial charge in [0.2, 0.25) is 0 Å². The maximum Gasteiger partial charge on any atom is 0.277 e. The molecule has 1 aromatic carbocycles. The number of nitrogens with one attached hydrogen (secondary N) is 1. The van der Waals surface area contributed by atoms with E-state index in [9.17, 15) is 14.0 Å². The van der Waals surface area contributed by atoms with Gasteiger partial charge in [-0.3, -0.25) is 9.59 Å². The zero-order valence-electron chi connectivity index (χ0n) is 19.2. The molecule has 0 spiro atoms. The minimum absolute atomic E-state index is 0.244. The van der Waals surface area contributed by atoms with Crippen molar-refractivity contribution in [1.82, 2.24) is 20.1 Å². The van der Waals surface area contributed by atoms with Gasteiger partial charge >= 0.3 is 0 Å². The van der Waals surface area contributed by atoms with Crippen LogP contribution in [0, 0.1) is 26.6 Å². The van der Waals surface area contributed by atoms with E-state index in [1.165, 1.54) is 28.2 Å². The summed E-state index contributed by atoms with van der Waals surface area (Å²) in [5, 5.41) is 7.76. The molecule has 0 radical (unpaired) electrons. The topological polar surface area (TPSA) is 86.1 Å². The zero-order chi connectivity index (χ0) is 23.8. The summed E-state index contributed by atoms with van der Waals surface area (Å²) in [5.74, 6) is -0.545. The fourth-order valence-electron chi connectivity index (χ4n) is 4.29. The molecular formula is C24H27FN4O3S. The van der Waals surface area contributed by atoms with Crippen molar-refractivity contribution in [3.8, 4) is 10.6 Å². The number of halogens is 1. The van der Waals surface area contributed by atoms with E-state index in [1.54, 1.807) is 20.0 Å². The molecule has 0 aliphatic carbocycles. The molecule has 0 saturated carbocycles. The van der Waals surface area contributed by atoms with Gasteiger partial charge in [0.25, 0.3) is 11.5 Å². The first kappa shape index (κ1) is 23.3. The monoisotopic (exact) mass is 470 g/mol. The molecule has 1 aliphatic rings. The van der Waals surface area contributed by atoms with Crippen LogP contribution in [-0.4, -0.2) is 40.4 Å². The number of carbonyl (C=O) groups excluding carboxylic acids is 1. The number of aryl methyl sites for hydroxylation is 3. The molecule has 2 aromatic heterocycles. The lowest BCUT2D eigenvalue weighted by Crippen LogP contribution is -2.44. The molecule has 4 rings (SSSR count). The van der Waals surface area contributed by atoms with Gasteiger partial charge in [0.15, 0.2) is 0 Å². The first-order valence-corrected chi connectivity index (χ1v) is 11.7. The second kappa shape index (κ2) is 9.15. The number of amides is 1. The SMILES string of the molecule is Cc1nc(-c2c(C)c(C)nn(C)c2=O)sc1C(=O)NCC1(c2cccc(F)c2)CCOCC1. The Morgan fingerprint density at radius 2 is 1.97 bits per heavy atom. The third-order valence-electron chi connectivity index (χ3n) is 6.42. The van der Waals surface area contributed by atoms with E-state index in [2.05, 4.69) is 15.4 Å². The maximum absolute atomic E-state index is 13.9. The Hall–Kier alpha value is -2.91. The van der Waals surface area contributed by atoms with Crippen LogP contribution >= 0.6 is 11.3 Å². The first-order valence-electron chi connectivity index (χ1n) is 10.9. The fourth-order valence-corrected chi connectivity index (χ4v) is 5.37. The van der Waals surface area contributed by atoms with Crippen LogP contribution in [0.2, 0.25) is 0 Å². The highest BCUT2D eigenvalue weighted by atomic mass is 32.1. The van der Waals surface area contributed by atoms with Crippen molar-refractivity contribution in [2.75, 3.05) is 19.8 Å². The minimum Gasteiger partial charge on any atom is -0.381 e. The quantitative estimate of drug-likeness (QED) is 0.617. The largest absolute Gasteiger partial charge is 0.381 e. The van der Waals surface area contributed by atoms with E-state index in [-0.39, 0.29) is 17.3 Å². The molecule has 9 heteroatoms. The molecule has 0 atom stereocenters. The fraction of sp³-hybridized carbons (Fsp3) is 0.417. The number of benzene rings is 1. The summed E-state index contributed by atoms with van der Waals surface area (Å²) in [4.78, 5) is 30.9. The highest BCUT2D eigenvalue weighted by molar-refractivity contribution is 7.17. The van der Waals surface area contributed by atoms with Gasteiger partial charge in [-0.1, -0.05) is 12.1 Å². The summed E-state index contributed by atoms with van der Waals surface area (Å²) in [6.07, 6.45) is 1.38. The molecule has 1 fully saturated rings. The van der Waals surface area contributed by atoms with Crippen molar-refractivity contribution in [3.05, 3.63) is 67.8 Å². The van der Waals surface area contributed by atoms with Gasteiger partial charge in [-0.05, 0) is 56.9 Å². The van der Waals surface area contributed by atoms with E-state index in [4.69, 9.17) is 4.74 Å². The number of nitrogens with zero attached hydrogens (tertiary/aromatic N) is 3. The van der Waals surface area contributed by atoms with E-state index < -0.39 is 5.41 Å². The molecule has 0 unspecified atom stereocenters. The Bertz CT molecular complexity index is 1260. The molecule has 1 aliphatic heterocycles. The molecule has 1 saturated heterocycles. The normalized spacial score (nSPS) is 15.4. The number of thiazole rings is 1. The van der Waals surface area contributed by atoms with E-state index >= 15 is 0 Å². The van der Waals surface area contributed by atoms with Crippen LogP contribution in [0.4, 0.5) is 4.39 Å². The summed E-state index contributed by atoms with van der Waals surface area (Å²) < 4.78 is 20.8. The smallest absolute Gasteiger partial charge is 0.277 e. The number of ether oxygens (including phenoxy) is 1. The Kier molecular flexibility index (Phi) is 6.45. The van der Waals surface area contributed by atoms with Crippen molar-refractivity contribution < 1.29 is 13.9 Å². The molecule has 7 nitrogen and oxygen atoms in total. The van der Waals surface area contributed by atoms with Crippen LogP contribution in [0.5, 0.6) is 0 Å². The average Bonchev–Trinajstić information content (AvgIpc) is 3.18. The number of hydrogen-bond acceptors (Lipinski definition) is 6. The predicted octanol–water partition coefficient (Wildman–Crippen LogP) is 3.45. The number of hydrogen-bond donors (Lipinski definition) is 1. The maximum atomic E-state index is 13.9. The van der Waals surface area contributed by atoms with Crippen molar-refractivity contribution in [2.45, 2.75) is 39.0 Å². The predicted molar refractivity (Wildman–Crippen MR) is 125 cm³/mol. The lowest BCUT2D eigenvalue weighted by Gasteiger charge is -2.38. The van der Waals surface area contributed by atoms with Crippen molar-refractivity contribution in [3.63, 3.8) is 0 Å². The molecule has 0 bridgehead atoms. The Labute approximate surface area is 195 Å². The van der Waals surface area contributed by atoms with Gasteiger partial charge in [0, 0.05) is 32.2 Å². The Balaban J connectivity index is 1.61. The van der Waals surface area contributed by atoms with Gasteiger partial charge in [0.1, 0.15) is 15.7 Å². The lowest BCUT2D eigenvalue weighted by molar-refractivity contribution is 0.0486. The molecule has 1 N–H and O–H groups in total. The Morgan fingerprint density at radius 1 is 1.24 bits per heavy atom. The summed E-state index contributed by atoms with van der Waals surface area (Å²) in [5.41, 5.74) is 2.75. The molecular weight excluding hydrogens is 443 g/mol. The second-order valence-corrected chi connectivity index (χ2v) is 9.53. The summed E-state index contributed by atoms with van der Waals surface area (Å²) in [7, 11) is 1.60. The highest BCUT2D eigenvalue weighted by Crippen LogP contribution is 2.35. The van der Waals surface area contributed by atoms with Crippen LogP contribution in [-0.2, 0) is 17.2 Å². The van der Waals surface area contributed by atoms with Crippen molar-refractivity contribution in [2.24, 2.45) is 7.05 Å². The molecule has 3 aromatic rings. The second-order valence-electron chi connectivity index (χ2n) is 8.53. The Morgan fingerprint density at radius 3 is 2.67 bits per heavy atom. The lowest BCUT2D eigenvalue weighted by atomic mass is 9.74. The third kappa shape index (κ3) is 4.47. The summed E-state index contributed by atoms with van der Waals surface area (Å²) >= 11 is 1.20. The highest BCUT2D eigenvalue weighted by Gasteiger charge is 2.35. The van der Waals surface area contributed by atoms with Gasteiger partial charge < -0.3 is 10.1 Å². The number of carbonyl (C=O) groups is 1. The molecule has 174 valence electrons.